The molecule has 1 aliphatic heterocycles. The van der Waals surface area contributed by atoms with E-state index >= 15 is 0 Å². The first-order valence-corrected chi connectivity index (χ1v) is 6.72. The van der Waals surface area contributed by atoms with Crippen molar-refractivity contribution in [3.8, 4) is 0 Å². The molecule has 3 N–H and O–H groups in total. The molecule has 0 bridgehead atoms. The third kappa shape index (κ3) is 4.04. The van der Waals surface area contributed by atoms with Gasteiger partial charge in [-0.1, -0.05) is 12.1 Å². The topological polar surface area (TPSA) is 58.4 Å². The molecule has 19 heavy (non-hydrogen) atoms. The maximum atomic E-state index is 11.3. The first-order valence-electron chi connectivity index (χ1n) is 6.72. The third-order valence-corrected chi connectivity index (χ3v) is 3.20. The number of fused-ring (bicyclic) bond motifs is 1. The molecule has 0 unspecified atom stereocenters. The van der Waals surface area contributed by atoms with Gasteiger partial charge in [0.15, 0.2) is 0 Å². The summed E-state index contributed by atoms with van der Waals surface area (Å²) in [7, 11) is 2.08. The van der Waals surface area contributed by atoms with E-state index < -0.39 is 0 Å². The fourth-order valence-corrected chi connectivity index (χ4v) is 2.60. The minimum atomic E-state index is -0.184. The Kier molecular flexibility index (Phi) is 3.92. The van der Waals surface area contributed by atoms with Crippen molar-refractivity contribution in [3.63, 3.8) is 0 Å². The van der Waals surface area contributed by atoms with E-state index in [2.05, 4.69) is 29.4 Å². The number of nitrogens with two attached hydrogens (primary N) is 1. The number of carbonyl (C=O) groups excluding carboxylic acids is 1. The lowest BCUT2D eigenvalue weighted by atomic mass is 10.00. The number of aryl methyl sites for hydroxylation is 1. The van der Waals surface area contributed by atoms with Gasteiger partial charge in [-0.05, 0) is 44.5 Å². The van der Waals surface area contributed by atoms with E-state index in [-0.39, 0.29) is 11.4 Å². The molecule has 4 nitrogen and oxygen atoms in total. The predicted octanol–water partition coefficient (Wildman–Crippen LogP) is 1.74. The largest absolute Gasteiger partial charge is 0.326 e. The minimum absolute atomic E-state index is 0.113. The zero-order valence-corrected chi connectivity index (χ0v) is 12.0. The second-order valence-corrected chi connectivity index (χ2v) is 6.20. The summed E-state index contributed by atoms with van der Waals surface area (Å²) in [5.74, 6) is 0.113. The van der Waals surface area contributed by atoms with Crippen molar-refractivity contribution in [2.24, 2.45) is 5.73 Å². The maximum Gasteiger partial charge on any atom is 0.224 e. The van der Waals surface area contributed by atoms with Crippen LogP contribution in [-0.4, -0.2) is 29.9 Å². The van der Waals surface area contributed by atoms with E-state index in [1.807, 2.05) is 19.9 Å². The van der Waals surface area contributed by atoms with Gasteiger partial charge in [0.25, 0.3) is 0 Å². The number of likely N-dealkylation sites (N-methyl/N-ethyl adjacent to an activating group) is 1. The lowest BCUT2D eigenvalue weighted by Gasteiger charge is -2.27. The van der Waals surface area contributed by atoms with Crippen molar-refractivity contribution in [2.45, 2.75) is 38.8 Å². The van der Waals surface area contributed by atoms with Gasteiger partial charge in [-0.25, -0.2) is 0 Å². The predicted molar refractivity (Wildman–Crippen MR) is 78.0 cm³/mol. The molecule has 1 amide bonds. The highest BCUT2D eigenvalue weighted by Gasteiger charge is 2.17. The number of rotatable bonds is 4. The molecule has 0 atom stereocenters. The van der Waals surface area contributed by atoms with Gasteiger partial charge in [-0.15, -0.1) is 0 Å². The number of nitrogens with zero attached hydrogens (tertiary/aromatic N) is 1. The smallest absolute Gasteiger partial charge is 0.224 e. The van der Waals surface area contributed by atoms with Crippen molar-refractivity contribution >= 4 is 11.6 Å². The van der Waals surface area contributed by atoms with Gasteiger partial charge >= 0.3 is 0 Å². The van der Waals surface area contributed by atoms with Crippen LogP contribution in [0.4, 0.5) is 5.69 Å². The molecule has 104 valence electrons. The highest BCUT2D eigenvalue weighted by molar-refractivity contribution is 5.93. The summed E-state index contributed by atoms with van der Waals surface area (Å²) in [5, 5.41) is 2.91. The van der Waals surface area contributed by atoms with E-state index in [9.17, 15) is 4.79 Å². The lowest BCUT2D eigenvalue weighted by molar-refractivity contribution is -0.116. The second kappa shape index (κ2) is 5.31. The SMILES string of the molecule is CN(Cc1ccc2c(c1)CCC(=O)N2)CC(C)(C)N. The number of benzene rings is 1. The number of hydrogen-bond donors (Lipinski definition) is 2. The van der Waals surface area contributed by atoms with Gasteiger partial charge in [0.05, 0.1) is 0 Å². The van der Waals surface area contributed by atoms with E-state index in [1.54, 1.807) is 0 Å². The van der Waals surface area contributed by atoms with Gasteiger partial charge in [0.1, 0.15) is 0 Å². The van der Waals surface area contributed by atoms with Crippen LogP contribution in [0.15, 0.2) is 18.2 Å². The Hall–Kier alpha value is -1.39. The van der Waals surface area contributed by atoms with Crippen LogP contribution in [0.5, 0.6) is 0 Å². The summed E-state index contributed by atoms with van der Waals surface area (Å²) in [6.07, 6.45) is 1.42. The van der Waals surface area contributed by atoms with Crippen molar-refractivity contribution in [1.29, 1.82) is 0 Å². The number of carbonyl (C=O) groups is 1. The average Bonchev–Trinajstić information content (AvgIpc) is 2.26. The number of hydrogen-bond acceptors (Lipinski definition) is 3. The van der Waals surface area contributed by atoms with Crippen molar-refractivity contribution in [3.05, 3.63) is 29.3 Å². The zero-order chi connectivity index (χ0) is 14.0. The van der Waals surface area contributed by atoms with E-state index in [0.717, 1.165) is 25.2 Å². The molecule has 0 fully saturated rings. The zero-order valence-electron chi connectivity index (χ0n) is 12.0. The fourth-order valence-electron chi connectivity index (χ4n) is 2.60. The van der Waals surface area contributed by atoms with Gasteiger partial charge in [-0.3, -0.25) is 4.79 Å². The van der Waals surface area contributed by atoms with Crippen LogP contribution in [0.1, 0.15) is 31.4 Å². The molecule has 2 rings (SSSR count). The normalized spacial score (nSPS) is 15.3. The molecule has 1 aliphatic rings. The fraction of sp³-hybridized carbons (Fsp3) is 0.533. The molecule has 0 saturated heterocycles. The molecular weight excluding hydrogens is 238 g/mol. The quantitative estimate of drug-likeness (QED) is 0.868. The van der Waals surface area contributed by atoms with Crippen molar-refractivity contribution < 1.29 is 4.79 Å². The lowest BCUT2D eigenvalue weighted by Crippen LogP contribution is -2.43. The van der Waals surface area contributed by atoms with Crippen LogP contribution < -0.4 is 11.1 Å². The van der Waals surface area contributed by atoms with Crippen LogP contribution >= 0.6 is 0 Å². The minimum Gasteiger partial charge on any atom is -0.326 e. The molecule has 0 aliphatic carbocycles. The van der Waals surface area contributed by atoms with Crippen molar-refractivity contribution in [1.82, 2.24) is 4.90 Å². The molecule has 1 aromatic carbocycles. The number of anilines is 1. The van der Waals surface area contributed by atoms with E-state index in [4.69, 9.17) is 5.73 Å². The van der Waals surface area contributed by atoms with E-state index in [1.165, 1.54) is 11.1 Å². The summed E-state index contributed by atoms with van der Waals surface area (Å²) in [5.41, 5.74) is 9.30. The molecule has 0 aromatic heterocycles. The first-order chi connectivity index (χ1) is 8.83. The van der Waals surface area contributed by atoms with Gasteiger partial charge in [-0.2, -0.15) is 0 Å². The van der Waals surface area contributed by atoms with Crippen LogP contribution in [-0.2, 0) is 17.8 Å². The molecule has 0 saturated carbocycles. The van der Waals surface area contributed by atoms with Crippen LogP contribution in [0.2, 0.25) is 0 Å². The van der Waals surface area contributed by atoms with Crippen molar-refractivity contribution in [2.75, 3.05) is 18.9 Å². The number of nitrogens with one attached hydrogen (secondary N) is 1. The average molecular weight is 261 g/mol. The Morgan fingerprint density at radius 2 is 2.11 bits per heavy atom. The van der Waals surface area contributed by atoms with Gasteiger partial charge in [0.2, 0.25) is 5.91 Å². The highest BCUT2D eigenvalue weighted by atomic mass is 16.1. The van der Waals surface area contributed by atoms with Gasteiger partial charge in [0, 0.05) is 30.7 Å². The summed E-state index contributed by atoms with van der Waals surface area (Å²) in [6.45, 7) is 5.79. The summed E-state index contributed by atoms with van der Waals surface area (Å²) < 4.78 is 0. The van der Waals surface area contributed by atoms with Crippen LogP contribution in [0.25, 0.3) is 0 Å². The monoisotopic (exact) mass is 261 g/mol. The third-order valence-electron chi connectivity index (χ3n) is 3.20. The first kappa shape index (κ1) is 14.0. The molecule has 1 aromatic rings. The van der Waals surface area contributed by atoms with Crippen LogP contribution in [0.3, 0.4) is 0 Å². The Bertz CT molecular complexity index is 477. The summed E-state index contributed by atoms with van der Waals surface area (Å²) >= 11 is 0. The Morgan fingerprint density at radius 1 is 1.37 bits per heavy atom. The second-order valence-electron chi connectivity index (χ2n) is 6.20. The molecule has 0 radical (unpaired) electrons. The molecule has 4 heteroatoms. The Balaban J connectivity index is 2.04. The highest BCUT2D eigenvalue weighted by Crippen LogP contribution is 2.24. The molecule has 0 spiro atoms. The Morgan fingerprint density at radius 3 is 2.79 bits per heavy atom. The Labute approximate surface area is 115 Å². The van der Waals surface area contributed by atoms with Gasteiger partial charge < -0.3 is 16.0 Å². The molecule has 1 heterocycles. The number of amides is 1. The molecular formula is C15H23N3O. The standard InChI is InChI=1S/C15H23N3O/c1-15(2,16)10-18(3)9-11-4-6-13-12(8-11)5-7-14(19)17-13/h4,6,8H,5,7,9-10,16H2,1-3H3,(H,17,19). The van der Waals surface area contributed by atoms with E-state index in [0.29, 0.717) is 6.42 Å². The summed E-state index contributed by atoms with van der Waals surface area (Å²) in [6, 6.07) is 6.27. The maximum absolute atomic E-state index is 11.3. The summed E-state index contributed by atoms with van der Waals surface area (Å²) in [4.78, 5) is 13.5. The van der Waals surface area contributed by atoms with Crippen LogP contribution in [0, 0.1) is 0 Å².